The molecule has 150 valence electrons. The van der Waals surface area contributed by atoms with E-state index in [1.807, 2.05) is 0 Å². The molecule has 2 aliphatic heterocycles. The molecule has 2 aliphatic rings. The normalized spacial score (nSPS) is 17.1. The van der Waals surface area contributed by atoms with Crippen molar-refractivity contribution in [2.75, 3.05) is 25.1 Å². The second-order valence-electron chi connectivity index (χ2n) is 7.26. The van der Waals surface area contributed by atoms with Crippen LogP contribution in [0.25, 0.3) is 0 Å². The van der Waals surface area contributed by atoms with Crippen molar-refractivity contribution in [1.82, 2.24) is 4.90 Å². The van der Waals surface area contributed by atoms with Gasteiger partial charge in [-0.2, -0.15) is 0 Å². The third-order valence-electron chi connectivity index (χ3n) is 4.74. The van der Waals surface area contributed by atoms with Gasteiger partial charge in [0.15, 0.2) is 11.5 Å². The molecule has 0 aromatic heterocycles. The molecule has 1 N–H and O–H groups in total. The van der Waals surface area contributed by atoms with Gasteiger partial charge in [-0.15, -0.1) is 0 Å². The van der Waals surface area contributed by atoms with Gasteiger partial charge < -0.3 is 19.7 Å². The molecule has 7 nitrogen and oxygen atoms in total. The number of halogens is 1. The number of nitrogens with zero attached hydrogens (tertiary/aromatic N) is 2. The van der Waals surface area contributed by atoms with Crippen molar-refractivity contribution in [2.24, 2.45) is 4.99 Å². The molecule has 0 bridgehead atoms. The van der Waals surface area contributed by atoms with Gasteiger partial charge in [-0.05, 0) is 50.2 Å². The number of rotatable bonds is 4. The Labute approximate surface area is 167 Å². The van der Waals surface area contributed by atoms with E-state index >= 15 is 0 Å². The molecule has 0 spiro atoms. The highest BCUT2D eigenvalue weighted by Crippen LogP contribution is 2.33. The van der Waals surface area contributed by atoms with E-state index in [9.17, 15) is 14.0 Å². The summed E-state index contributed by atoms with van der Waals surface area (Å²) in [6.45, 7) is 4.26. The first-order valence-corrected chi connectivity index (χ1v) is 9.21. The molecule has 0 saturated heterocycles. The number of anilines is 1. The minimum absolute atomic E-state index is 0.172. The maximum Gasteiger partial charge on any atom is 0.275 e. The van der Waals surface area contributed by atoms with Crippen LogP contribution in [0.15, 0.2) is 47.5 Å². The second kappa shape index (κ2) is 7.20. The Morgan fingerprint density at radius 2 is 1.83 bits per heavy atom. The standard InChI is InChI=1S/C21H20FN3O4/c1-21(2)24-19(13-3-5-14(22)6-4-13)20(27)25(21)12-18(26)23-15-7-8-16-17(11-15)29-10-9-28-16/h3-8,11H,9-10,12H2,1-2H3,(H,23,26). The molecule has 2 aromatic rings. The van der Waals surface area contributed by atoms with E-state index < -0.39 is 11.5 Å². The van der Waals surface area contributed by atoms with Gasteiger partial charge in [-0.3, -0.25) is 14.6 Å². The summed E-state index contributed by atoms with van der Waals surface area (Å²) in [4.78, 5) is 31.3. The largest absolute Gasteiger partial charge is 0.486 e. The Balaban J connectivity index is 1.47. The second-order valence-corrected chi connectivity index (χ2v) is 7.26. The lowest BCUT2D eigenvalue weighted by Gasteiger charge is -2.28. The number of benzene rings is 2. The van der Waals surface area contributed by atoms with E-state index in [2.05, 4.69) is 10.3 Å². The van der Waals surface area contributed by atoms with Crippen molar-refractivity contribution in [3.05, 3.63) is 53.8 Å². The van der Waals surface area contributed by atoms with Crippen molar-refractivity contribution < 1.29 is 23.5 Å². The highest BCUT2D eigenvalue weighted by atomic mass is 19.1. The Morgan fingerprint density at radius 1 is 1.14 bits per heavy atom. The maximum absolute atomic E-state index is 13.2. The fourth-order valence-corrected chi connectivity index (χ4v) is 3.28. The first-order valence-electron chi connectivity index (χ1n) is 9.21. The number of fused-ring (bicyclic) bond motifs is 1. The van der Waals surface area contributed by atoms with Gasteiger partial charge in [0.1, 0.15) is 37.0 Å². The van der Waals surface area contributed by atoms with Gasteiger partial charge in [0, 0.05) is 17.3 Å². The van der Waals surface area contributed by atoms with Crippen LogP contribution in [-0.2, 0) is 9.59 Å². The number of ether oxygens (including phenoxy) is 2. The van der Waals surface area contributed by atoms with Gasteiger partial charge in [0.05, 0.1) is 0 Å². The van der Waals surface area contributed by atoms with Crippen molar-refractivity contribution in [3.63, 3.8) is 0 Å². The van der Waals surface area contributed by atoms with Gasteiger partial charge in [0.2, 0.25) is 5.91 Å². The molecule has 0 saturated carbocycles. The fourth-order valence-electron chi connectivity index (χ4n) is 3.28. The summed E-state index contributed by atoms with van der Waals surface area (Å²) >= 11 is 0. The van der Waals surface area contributed by atoms with Crippen LogP contribution in [-0.4, -0.2) is 47.8 Å². The molecule has 0 atom stereocenters. The van der Waals surface area contributed by atoms with Crippen LogP contribution in [0.2, 0.25) is 0 Å². The highest BCUT2D eigenvalue weighted by Gasteiger charge is 2.41. The van der Waals surface area contributed by atoms with E-state index in [1.165, 1.54) is 29.2 Å². The van der Waals surface area contributed by atoms with E-state index in [0.29, 0.717) is 36.0 Å². The quantitative estimate of drug-likeness (QED) is 0.860. The average Bonchev–Trinajstić information content (AvgIpc) is 2.92. The molecule has 0 fully saturated rings. The first-order chi connectivity index (χ1) is 13.8. The van der Waals surface area contributed by atoms with Crippen LogP contribution in [0.1, 0.15) is 19.4 Å². The molecular weight excluding hydrogens is 377 g/mol. The van der Waals surface area contributed by atoms with E-state index in [4.69, 9.17) is 9.47 Å². The third-order valence-corrected chi connectivity index (χ3v) is 4.74. The van der Waals surface area contributed by atoms with Crippen LogP contribution < -0.4 is 14.8 Å². The molecule has 8 heteroatoms. The summed E-state index contributed by atoms with van der Waals surface area (Å²) in [5.74, 6) is 0.0586. The number of hydrogen-bond donors (Lipinski definition) is 1. The van der Waals surface area contributed by atoms with Crippen LogP contribution in [0.3, 0.4) is 0 Å². The maximum atomic E-state index is 13.2. The van der Waals surface area contributed by atoms with Crippen molar-refractivity contribution in [1.29, 1.82) is 0 Å². The number of carbonyl (C=O) groups is 2. The SMILES string of the molecule is CC1(C)N=C(c2ccc(F)cc2)C(=O)N1CC(=O)Nc1ccc2c(c1)OCCO2. The predicted molar refractivity (Wildman–Crippen MR) is 105 cm³/mol. The van der Waals surface area contributed by atoms with E-state index in [-0.39, 0.29) is 24.1 Å². The number of hydrogen-bond acceptors (Lipinski definition) is 5. The van der Waals surface area contributed by atoms with Crippen LogP contribution >= 0.6 is 0 Å². The Kier molecular flexibility index (Phi) is 4.70. The number of carbonyl (C=O) groups excluding carboxylic acids is 2. The topological polar surface area (TPSA) is 80.2 Å². The molecule has 0 aliphatic carbocycles. The summed E-state index contributed by atoms with van der Waals surface area (Å²) in [5, 5.41) is 2.77. The summed E-state index contributed by atoms with van der Waals surface area (Å²) in [6.07, 6.45) is 0. The lowest BCUT2D eigenvalue weighted by Crippen LogP contribution is -2.46. The van der Waals surface area contributed by atoms with Crippen molar-refractivity contribution in [3.8, 4) is 11.5 Å². The highest BCUT2D eigenvalue weighted by molar-refractivity contribution is 6.47. The predicted octanol–water partition coefficient (Wildman–Crippen LogP) is 2.60. The van der Waals surface area contributed by atoms with Gasteiger partial charge in [0.25, 0.3) is 5.91 Å². The Morgan fingerprint density at radius 3 is 2.55 bits per heavy atom. The molecule has 29 heavy (non-hydrogen) atoms. The zero-order chi connectivity index (χ0) is 20.6. The zero-order valence-electron chi connectivity index (χ0n) is 16.1. The first kappa shape index (κ1) is 18.9. The molecule has 2 amide bonds. The summed E-state index contributed by atoms with van der Waals surface area (Å²) in [6, 6.07) is 10.7. The average molecular weight is 397 g/mol. The van der Waals surface area contributed by atoms with Crippen molar-refractivity contribution in [2.45, 2.75) is 19.5 Å². The lowest BCUT2D eigenvalue weighted by molar-refractivity contribution is -0.131. The Hall–Kier alpha value is -3.42. The van der Waals surface area contributed by atoms with Gasteiger partial charge in [-0.25, -0.2) is 4.39 Å². The molecule has 2 aromatic carbocycles. The molecule has 0 radical (unpaired) electrons. The van der Waals surface area contributed by atoms with Crippen LogP contribution in [0, 0.1) is 5.82 Å². The zero-order valence-corrected chi connectivity index (χ0v) is 16.1. The monoisotopic (exact) mass is 397 g/mol. The Bertz CT molecular complexity index is 1000. The molecular formula is C21H20FN3O4. The van der Waals surface area contributed by atoms with Crippen LogP contribution in [0.4, 0.5) is 10.1 Å². The summed E-state index contributed by atoms with van der Waals surface area (Å²) < 4.78 is 24.2. The van der Waals surface area contributed by atoms with Crippen LogP contribution in [0.5, 0.6) is 11.5 Å². The molecule has 4 rings (SSSR count). The smallest absolute Gasteiger partial charge is 0.275 e. The summed E-state index contributed by atoms with van der Waals surface area (Å²) in [5.41, 5.74) is 0.370. The van der Waals surface area contributed by atoms with Crippen molar-refractivity contribution >= 4 is 23.2 Å². The number of nitrogens with one attached hydrogen (secondary N) is 1. The molecule has 0 unspecified atom stereocenters. The fraction of sp³-hybridized carbons (Fsp3) is 0.286. The minimum atomic E-state index is -0.898. The van der Waals surface area contributed by atoms with Gasteiger partial charge >= 0.3 is 0 Å². The lowest BCUT2D eigenvalue weighted by atomic mass is 10.1. The van der Waals surface area contributed by atoms with E-state index in [0.717, 1.165) is 0 Å². The van der Waals surface area contributed by atoms with E-state index in [1.54, 1.807) is 32.0 Å². The number of amides is 2. The molecule has 2 heterocycles. The number of aliphatic imine (C=N–C) groups is 1. The van der Waals surface area contributed by atoms with Gasteiger partial charge in [-0.1, -0.05) is 0 Å². The third kappa shape index (κ3) is 3.78. The summed E-state index contributed by atoms with van der Waals surface area (Å²) in [7, 11) is 0. The minimum Gasteiger partial charge on any atom is -0.486 e.